The number of fused-ring (bicyclic) bond motifs is 1. The van der Waals surface area contributed by atoms with Gasteiger partial charge >= 0.3 is 0 Å². The number of carbonyl (C=O) groups excluding carboxylic acids is 3. The zero-order chi connectivity index (χ0) is 23.7. The van der Waals surface area contributed by atoms with Crippen molar-refractivity contribution in [2.24, 2.45) is 0 Å². The zero-order valence-corrected chi connectivity index (χ0v) is 19.9. The molecule has 1 aliphatic heterocycles. The van der Waals surface area contributed by atoms with Crippen molar-refractivity contribution in [1.29, 1.82) is 0 Å². The predicted molar refractivity (Wildman–Crippen MR) is 137 cm³/mol. The first kappa shape index (κ1) is 22.5. The lowest BCUT2D eigenvalue weighted by molar-refractivity contribution is -0.122. The standard InChI is InChI=1S/C27H27N3O3S/c1-2-18-9-8-14-22-19(16-29(25(18)22)17-24(31)28-20-10-6-7-11-20)15-23-26(32)30(27(33)34-23)21-12-4-3-5-13-21/h3-5,8-9,12-16,20H,2,6-7,10-11,17H2,1H3,(H,28,31)/b23-15-. The molecule has 1 aliphatic carbocycles. The van der Waals surface area contributed by atoms with E-state index in [1.165, 1.54) is 17.7 Å². The first-order valence-corrected chi connectivity index (χ1v) is 12.6. The van der Waals surface area contributed by atoms with Gasteiger partial charge in [0, 0.05) is 23.2 Å². The van der Waals surface area contributed by atoms with Crippen LogP contribution in [0.1, 0.15) is 43.7 Å². The second kappa shape index (κ2) is 9.50. The number of para-hydroxylation sites is 2. The highest BCUT2D eigenvalue weighted by Gasteiger charge is 2.36. The van der Waals surface area contributed by atoms with Gasteiger partial charge in [-0.2, -0.15) is 0 Å². The second-order valence-corrected chi connectivity index (χ2v) is 9.77. The van der Waals surface area contributed by atoms with Crippen LogP contribution < -0.4 is 10.2 Å². The summed E-state index contributed by atoms with van der Waals surface area (Å²) >= 11 is 0.944. The Kier molecular flexibility index (Phi) is 6.28. The van der Waals surface area contributed by atoms with Gasteiger partial charge in [0.1, 0.15) is 6.54 Å². The van der Waals surface area contributed by atoms with Crippen molar-refractivity contribution >= 4 is 51.5 Å². The van der Waals surface area contributed by atoms with Crippen LogP contribution in [0.25, 0.3) is 17.0 Å². The number of aromatic nitrogens is 1. The largest absolute Gasteiger partial charge is 0.352 e. The highest BCUT2D eigenvalue weighted by molar-refractivity contribution is 8.19. The Morgan fingerprint density at radius 2 is 1.85 bits per heavy atom. The first-order valence-electron chi connectivity index (χ1n) is 11.8. The monoisotopic (exact) mass is 473 g/mol. The fourth-order valence-corrected chi connectivity index (χ4v) is 5.73. The van der Waals surface area contributed by atoms with Crippen molar-refractivity contribution in [3.63, 3.8) is 0 Å². The van der Waals surface area contributed by atoms with Crippen molar-refractivity contribution in [3.8, 4) is 0 Å². The van der Waals surface area contributed by atoms with E-state index in [1.54, 1.807) is 30.3 Å². The Labute approximate surface area is 203 Å². The second-order valence-electron chi connectivity index (χ2n) is 8.78. The van der Waals surface area contributed by atoms with Crippen molar-refractivity contribution in [2.75, 3.05) is 4.90 Å². The maximum absolute atomic E-state index is 13.1. The van der Waals surface area contributed by atoms with Crippen molar-refractivity contribution in [1.82, 2.24) is 9.88 Å². The summed E-state index contributed by atoms with van der Waals surface area (Å²) in [5, 5.41) is 3.83. The van der Waals surface area contributed by atoms with Crippen LogP contribution in [0, 0.1) is 0 Å². The molecule has 34 heavy (non-hydrogen) atoms. The smallest absolute Gasteiger partial charge is 0.298 e. The molecule has 0 atom stereocenters. The number of imide groups is 1. The highest BCUT2D eigenvalue weighted by atomic mass is 32.2. The molecular weight excluding hydrogens is 446 g/mol. The Balaban J connectivity index is 1.49. The lowest BCUT2D eigenvalue weighted by atomic mass is 10.1. The van der Waals surface area contributed by atoms with Crippen LogP contribution in [-0.4, -0.2) is 27.7 Å². The van der Waals surface area contributed by atoms with E-state index < -0.39 is 0 Å². The van der Waals surface area contributed by atoms with Crippen LogP contribution in [0.2, 0.25) is 0 Å². The summed E-state index contributed by atoms with van der Waals surface area (Å²) in [5.41, 5.74) is 3.54. The number of benzene rings is 2. The number of hydrogen-bond acceptors (Lipinski definition) is 4. The number of nitrogens with zero attached hydrogens (tertiary/aromatic N) is 2. The van der Waals surface area contributed by atoms with Crippen molar-refractivity contribution < 1.29 is 14.4 Å². The summed E-state index contributed by atoms with van der Waals surface area (Å²) in [4.78, 5) is 40.1. The lowest BCUT2D eigenvalue weighted by Crippen LogP contribution is -2.35. The summed E-state index contributed by atoms with van der Waals surface area (Å²) in [5.74, 6) is -0.321. The van der Waals surface area contributed by atoms with Gasteiger partial charge in [-0.15, -0.1) is 0 Å². The molecule has 0 unspecified atom stereocenters. The molecule has 0 radical (unpaired) electrons. The number of rotatable bonds is 6. The topological polar surface area (TPSA) is 71.4 Å². The van der Waals surface area contributed by atoms with Crippen LogP contribution >= 0.6 is 11.8 Å². The predicted octanol–water partition coefficient (Wildman–Crippen LogP) is 5.50. The van der Waals surface area contributed by atoms with Crippen LogP contribution in [0.5, 0.6) is 0 Å². The van der Waals surface area contributed by atoms with Crippen LogP contribution in [0.15, 0.2) is 59.6 Å². The van der Waals surface area contributed by atoms with Gasteiger partial charge in [0.05, 0.1) is 16.1 Å². The summed E-state index contributed by atoms with van der Waals surface area (Å²) in [7, 11) is 0. The molecule has 1 saturated carbocycles. The SMILES string of the molecule is CCc1cccc2c(/C=C3\SC(=O)N(c4ccccc4)C3=O)cn(CC(=O)NC3CCCC3)c12. The summed E-state index contributed by atoms with van der Waals surface area (Å²) in [6, 6.07) is 15.3. The van der Waals surface area contributed by atoms with Gasteiger partial charge < -0.3 is 9.88 Å². The average molecular weight is 474 g/mol. The molecule has 2 heterocycles. The van der Waals surface area contributed by atoms with Crippen LogP contribution in [0.4, 0.5) is 10.5 Å². The van der Waals surface area contributed by atoms with E-state index in [1.807, 2.05) is 29.0 Å². The quantitative estimate of drug-likeness (QED) is 0.480. The van der Waals surface area contributed by atoms with Crippen molar-refractivity contribution in [2.45, 2.75) is 51.6 Å². The fraction of sp³-hybridized carbons (Fsp3) is 0.296. The molecule has 3 aromatic rings. The molecule has 2 aliphatic rings. The number of aryl methyl sites for hydroxylation is 1. The van der Waals surface area contributed by atoms with Gasteiger partial charge in [0.15, 0.2) is 0 Å². The van der Waals surface area contributed by atoms with Gasteiger partial charge in [0.2, 0.25) is 5.91 Å². The molecule has 5 rings (SSSR count). The number of hydrogen-bond donors (Lipinski definition) is 1. The average Bonchev–Trinajstić information content (AvgIpc) is 3.54. The minimum Gasteiger partial charge on any atom is -0.352 e. The summed E-state index contributed by atoms with van der Waals surface area (Å²) in [6.07, 6.45) is 8.95. The summed E-state index contributed by atoms with van der Waals surface area (Å²) < 4.78 is 1.98. The van der Waals surface area contributed by atoms with E-state index in [-0.39, 0.29) is 29.6 Å². The number of carbonyl (C=O) groups is 3. The molecule has 2 aromatic carbocycles. The molecule has 174 valence electrons. The highest BCUT2D eigenvalue weighted by Crippen LogP contribution is 2.37. The molecule has 6 nitrogen and oxygen atoms in total. The Bertz CT molecular complexity index is 1290. The van der Waals surface area contributed by atoms with E-state index in [0.717, 1.165) is 53.1 Å². The van der Waals surface area contributed by atoms with Crippen LogP contribution in [-0.2, 0) is 22.6 Å². The number of amides is 3. The van der Waals surface area contributed by atoms with Gasteiger partial charge in [0.25, 0.3) is 11.1 Å². The number of nitrogens with one attached hydrogen (secondary N) is 1. The molecule has 1 N–H and O–H groups in total. The van der Waals surface area contributed by atoms with Crippen LogP contribution in [0.3, 0.4) is 0 Å². The molecule has 1 saturated heterocycles. The third-order valence-corrected chi connectivity index (χ3v) is 7.39. The maximum atomic E-state index is 13.1. The third kappa shape index (κ3) is 4.28. The minimum atomic E-state index is -0.326. The lowest BCUT2D eigenvalue weighted by Gasteiger charge is -2.13. The molecular formula is C27H27N3O3S. The Hall–Kier alpha value is -3.32. The minimum absolute atomic E-state index is 0.00524. The third-order valence-electron chi connectivity index (χ3n) is 6.52. The molecule has 2 fully saturated rings. The normalized spacial score (nSPS) is 17.9. The van der Waals surface area contributed by atoms with E-state index in [2.05, 4.69) is 18.3 Å². The van der Waals surface area contributed by atoms with Crippen molar-refractivity contribution in [3.05, 3.63) is 70.8 Å². The first-order chi connectivity index (χ1) is 16.5. The van der Waals surface area contributed by atoms with Gasteiger partial charge in [-0.3, -0.25) is 14.4 Å². The zero-order valence-electron chi connectivity index (χ0n) is 19.1. The van der Waals surface area contributed by atoms with E-state index in [4.69, 9.17) is 0 Å². The molecule has 3 amide bonds. The Morgan fingerprint density at radius 1 is 1.09 bits per heavy atom. The molecule has 1 aromatic heterocycles. The maximum Gasteiger partial charge on any atom is 0.298 e. The van der Waals surface area contributed by atoms with Gasteiger partial charge in [-0.1, -0.05) is 56.2 Å². The number of anilines is 1. The number of thioether (sulfide) groups is 1. The Morgan fingerprint density at radius 3 is 2.59 bits per heavy atom. The fourth-order valence-electron chi connectivity index (χ4n) is 4.90. The van der Waals surface area contributed by atoms with E-state index in [9.17, 15) is 14.4 Å². The van der Waals surface area contributed by atoms with E-state index in [0.29, 0.717) is 10.6 Å². The summed E-state index contributed by atoms with van der Waals surface area (Å²) in [6.45, 7) is 2.32. The molecule has 0 spiro atoms. The van der Waals surface area contributed by atoms with E-state index >= 15 is 0 Å². The van der Waals surface area contributed by atoms with Gasteiger partial charge in [-0.05, 0) is 54.8 Å². The molecule has 7 heteroatoms. The van der Waals surface area contributed by atoms with Gasteiger partial charge in [-0.25, -0.2) is 4.90 Å². The molecule has 0 bridgehead atoms.